The molecule has 3 N–H and O–H groups in total. The highest BCUT2D eigenvalue weighted by atomic mass is 32.2. The van der Waals surface area contributed by atoms with Crippen LogP contribution in [0.1, 0.15) is 66.9 Å². The standard InChI is InChI=1S/C24H35N9O10S2/c1-12-28-31-32(29-12)10-14-16(18(35)33(14)45(38,39)40)26-17(34)15(30-43-24(8,9)19(36)41-22(2,3)4)13-11-44-20(25-13)27-21(37)42-23(5,6)7/h11,14,16H,10H2,1-9H3,(H,26,34)(H,25,27,37)(H,38,39,40)/b30-15+/t14-,16+/m1/s1. The molecule has 1 aliphatic rings. The van der Waals surface area contributed by atoms with Crippen LogP contribution >= 0.6 is 11.3 Å². The van der Waals surface area contributed by atoms with E-state index in [-0.39, 0.29) is 27.5 Å². The fourth-order valence-corrected chi connectivity index (χ4v) is 5.10. The quantitative estimate of drug-likeness (QED) is 0.104. The number of hydrogen-bond donors (Lipinski definition) is 3. The van der Waals surface area contributed by atoms with Crippen molar-refractivity contribution < 1.29 is 46.5 Å². The molecule has 3 rings (SSSR count). The summed E-state index contributed by atoms with van der Waals surface area (Å²) in [6.45, 7) is 13.8. The smallest absolute Gasteiger partial charge is 0.413 e. The molecule has 0 unspecified atom stereocenters. The minimum atomic E-state index is -5.02. The molecule has 2 aromatic heterocycles. The van der Waals surface area contributed by atoms with Crippen molar-refractivity contribution in [2.45, 2.75) is 97.7 Å². The number of carbonyl (C=O) groups is 4. The SMILES string of the molecule is Cc1nnn(C[C@@H]2[C@H](NC(=O)/C(=N/OC(C)(C)C(=O)OC(C)(C)C)c3csc(NC(=O)OC(C)(C)C)n3)C(=O)N2S(=O)(=O)O)n1. The molecule has 19 nitrogen and oxygen atoms in total. The first kappa shape index (κ1) is 35.2. The van der Waals surface area contributed by atoms with Crippen LogP contribution in [-0.4, -0.2) is 101 Å². The second-order valence-corrected chi connectivity index (χ2v) is 14.4. The van der Waals surface area contributed by atoms with Crippen molar-refractivity contribution in [3.8, 4) is 0 Å². The minimum absolute atomic E-state index is 0.00826. The summed E-state index contributed by atoms with van der Waals surface area (Å²) < 4.78 is 44.2. The van der Waals surface area contributed by atoms with E-state index in [9.17, 15) is 32.1 Å². The Morgan fingerprint density at radius 3 is 2.24 bits per heavy atom. The lowest BCUT2D eigenvalue weighted by atomic mass is 9.98. The Morgan fingerprint density at radius 1 is 1.09 bits per heavy atom. The predicted molar refractivity (Wildman–Crippen MR) is 156 cm³/mol. The van der Waals surface area contributed by atoms with Gasteiger partial charge in [0.15, 0.2) is 16.7 Å². The highest BCUT2D eigenvalue weighted by Gasteiger charge is 2.54. The van der Waals surface area contributed by atoms with Gasteiger partial charge in [-0.1, -0.05) is 5.16 Å². The Labute approximate surface area is 262 Å². The first-order valence-corrected chi connectivity index (χ1v) is 15.6. The third kappa shape index (κ3) is 9.38. The van der Waals surface area contributed by atoms with Gasteiger partial charge in [0.1, 0.15) is 29.0 Å². The van der Waals surface area contributed by atoms with E-state index in [1.54, 1.807) is 41.5 Å². The maximum atomic E-state index is 13.6. The molecule has 0 spiro atoms. The number of aromatic nitrogens is 5. The van der Waals surface area contributed by atoms with Crippen molar-refractivity contribution in [1.29, 1.82) is 0 Å². The number of nitrogens with zero attached hydrogens (tertiary/aromatic N) is 7. The first-order chi connectivity index (χ1) is 20.5. The molecular weight excluding hydrogens is 638 g/mol. The van der Waals surface area contributed by atoms with E-state index < -0.39 is 68.8 Å². The number of tetrazole rings is 1. The molecule has 3 amide bonds. The summed E-state index contributed by atoms with van der Waals surface area (Å²) in [6, 6.07) is -2.86. The molecule has 0 bridgehead atoms. The van der Waals surface area contributed by atoms with Crippen molar-refractivity contribution in [3.05, 3.63) is 16.9 Å². The van der Waals surface area contributed by atoms with Crippen LogP contribution in [0.5, 0.6) is 0 Å². The van der Waals surface area contributed by atoms with Crippen LogP contribution in [0.25, 0.3) is 0 Å². The van der Waals surface area contributed by atoms with E-state index in [2.05, 4.69) is 36.2 Å². The lowest BCUT2D eigenvalue weighted by Gasteiger charge is -2.43. The average Bonchev–Trinajstić information content (AvgIpc) is 3.47. The molecule has 45 heavy (non-hydrogen) atoms. The largest absolute Gasteiger partial charge is 0.457 e. The van der Waals surface area contributed by atoms with Gasteiger partial charge in [0.25, 0.3) is 11.8 Å². The number of carbonyl (C=O) groups excluding carboxylic acids is 4. The number of rotatable bonds is 10. The first-order valence-electron chi connectivity index (χ1n) is 13.3. The van der Waals surface area contributed by atoms with Crippen molar-refractivity contribution in [3.63, 3.8) is 0 Å². The van der Waals surface area contributed by atoms with Gasteiger partial charge in [-0.15, -0.1) is 21.5 Å². The summed E-state index contributed by atoms with van der Waals surface area (Å²) in [5.41, 5.74) is -4.08. The van der Waals surface area contributed by atoms with E-state index in [1.165, 1.54) is 26.2 Å². The van der Waals surface area contributed by atoms with Crippen molar-refractivity contribution in [2.75, 3.05) is 5.32 Å². The normalized spacial score (nSPS) is 17.8. The van der Waals surface area contributed by atoms with Gasteiger partial charge in [-0.25, -0.2) is 18.9 Å². The Balaban J connectivity index is 1.93. The zero-order valence-corrected chi connectivity index (χ0v) is 27.6. The molecule has 0 aliphatic carbocycles. The van der Waals surface area contributed by atoms with E-state index in [0.29, 0.717) is 0 Å². The number of amides is 3. The van der Waals surface area contributed by atoms with E-state index in [4.69, 9.17) is 14.3 Å². The summed E-state index contributed by atoms with van der Waals surface area (Å²) in [5.74, 6) is -2.80. The lowest BCUT2D eigenvalue weighted by Crippen LogP contribution is -2.73. The van der Waals surface area contributed by atoms with Crippen LogP contribution < -0.4 is 10.6 Å². The molecule has 248 valence electrons. The topological polar surface area (TPSA) is 246 Å². The molecule has 1 saturated heterocycles. The summed E-state index contributed by atoms with van der Waals surface area (Å²) in [6.07, 6.45) is -0.821. The second-order valence-electron chi connectivity index (χ2n) is 12.2. The number of nitrogens with one attached hydrogen (secondary N) is 2. The second kappa shape index (κ2) is 12.6. The molecule has 0 aromatic carbocycles. The van der Waals surface area contributed by atoms with Crippen LogP contribution in [0.15, 0.2) is 10.5 Å². The summed E-state index contributed by atoms with van der Waals surface area (Å²) in [4.78, 5) is 61.9. The third-order valence-electron chi connectivity index (χ3n) is 5.43. The monoisotopic (exact) mass is 673 g/mol. The molecule has 0 radical (unpaired) electrons. The number of ether oxygens (including phenoxy) is 2. The Morgan fingerprint density at radius 2 is 1.71 bits per heavy atom. The molecule has 0 saturated carbocycles. The van der Waals surface area contributed by atoms with Crippen LogP contribution in [0.3, 0.4) is 0 Å². The zero-order chi connectivity index (χ0) is 34.1. The number of thiazole rings is 1. The molecule has 3 heterocycles. The van der Waals surface area contributed by atoms with Crippen molar-refractivity contribution >= 4 is 56.4 Å². The average molecular weight is 674 g/mol. The van der Waals surface area contributed by atoms with Crippen LogP contribution in [-0.2, 0) is 45.5 Å². The Kier molecular flexibility index (Phi) is 9.89. The fourth-order valence-electron chi connectivity index (χ4n) is 3.55. The molecular formula is C24H35N9O10S2. The third-order valence-corrected chi connectivity index (χ3v) is 7.14. The van der Waals surface area contributed by atoms with Crippen molar-refractivity contribution in [1.82, 2.24) is 34.8 Å². The fraction of sp³-hybridized carbons (Fsp3) is 0.625. The number of anilines is 1. The highest BCUT2D eigenvalue weighted by Crippen LogP contribution is 2.26. The molecule has 1 fully saturated rings. The predicted octanol–water partition coefficient (Wildman–Crippen LogP) is 0.825. The van der Waals surface area contributed by atoms with Crippen molar-refractivity contribution in [2.24, 2.45) is 5.16 Å². The van der Waals surface area contributed by atoms with Gasteiger partial charge in [-0.3, -0.25) is 19.5 Å². The Hall–Kier alpha value is -4.24. The maximum absolute atomic E-state index is 13.6. The molecule has 2 aromatic rings. The summed E-state index contributed by atoms with van der Waals surface area (Å²) in [5, 5.41) is 21.3. The van der Waals surface area contributed by atoms with Gasteiger partial charge >= 0.3 is 22.4 Å². The van der Waals surface area contributed by atoms with Gasteiger partial charge in [0.2, 0.25) is 5.60 Å². The van der Waals surface area contributed by atoms with Crippen LogP contribution in [0, 0.1) is 6.92 Å². The number of oxime groups is 1. The summed E-state index contributed by atoms with van der Waals surface area (Å²) >= 11 is 0.899. The lowest BCUT2D eigenvalue weighted by molar-refractivity contribution is -0.179. The number of esters is 1. The van der Waals surface area contributed by atoms with E-state index in [0.717, 1.165) is 16.1 Å². The zero-order valence-electron chi connectivity index (χ0n) is 26.0. The molecule has 2 atom stereocenters. The maximum Gasteiger partial charge on any atom is 0.413 e. The van der Waals surface area contributed by atoms with E-state index >= 15 is 0 Å². The summed E-state index contributed by atoms with van der Waals surface area (Å²) in [7, 11) is -5.02. The van der Waals surface area contributed by atoms with Crippen LogP contribution in [0.4, 0.5) is 9.93 Å². The number of aryl methyl sites for hydroxylation is 1. The van der Waals surface area contributed by atoms with E-state index in [1.807, 2.05) is 0 Å². The van der Waals surface area contributed by atoms with Gasteiger partial charge in [-0.05, 0) is 67.5 Å². The van der Waals surface area contributed by atoms with Crippen LogP contribution in [0.2, 0.25) is 0 Å². The molecule has 21 heteroatoms. The number of β-lactam (4-membered cyclic amide) rings is 1. The minimum Gasteiger partial charge on any atom is -0.457 e. The highest BCUT2D eigenvalue weighted by molar-refractivity contribution is 7.84. The van der Waals surface area contributed by atoms with Gasteiger partial charge in [0.05, 0.1) is 6.54 Å². The Bertz CT molecular complexity index is 1600. The van der Waals surface area contributed by atoms with Gasteiger partial charge in [0, 0.05) is 5.38 Å². The van der Waals surface area contributed by atoms with Gasteiger partial charge in [-0.2, -0.15) is 13.2 Å². The molecule has 1 aliphatic heterocycles. The number of hydrogen-bond acceptors (Lipinski definition) is 15. The van der Waals surface area contributed by atoms with Gasteiger partial charge < -0.3 is 19.6 Å².